The molecule has 5 nitrogen and oxygen atoms in total. The van der Waals surface area contributed by atoms with Crippen LogP contribution in [-0.2, 0) is 4.74 Å². The van der Waals surface area contributed by atoms with Crippen LogP contribution in [0.4, 0.5) is 10.5 Å². The average Bonchev–Trinajstić information content (AvgIpc) is 2.50. The molecule has 0 aliphatic carbocycles. The standard InChI is InChI=1S/C18H18ClNO4/c1-4-23-18(22)20-15-9-11(2)8-12(3)16(15)24-17(21)13-6-5-7-14(19)10-13/h5-10H,4H2,1-3H3,(H,20,22). The summed E-state index contributed by atoms with van der Waals surface area (Å²) in [6, 6.07) is 10.0. The summed E-state index contributed by atoms with van der Waals surface area (Å²) in [7, 11) is 0. The van der Waals surface area contributed by atoms with Gasteiger partial charge >= 0.3 is 12.1 Å². The molecule has 0 aromatic heterocycles. The first-order chi connectivity index (χ1) is 11.4. The average molecular weight is 348 g/mol. The zero-order chi connectivity index (χ0) is 17.7. The molecular weight excluding hydrogens is 330 g/mol. The summed E-state index contributed by atoms with van der Waals surface area (Å²) in [6.45, 7) is 5.63. The van der Waals surface area contributed by atoms with Crippen LogP contribution in [0.25, 0.3) is 0 Å². The topological polar surface area (TPSA) is 64.6 Å². The number of rotatable bonds is 4. The Hall–Kier alpha value is -2.53. The van der Waals surface area contributed by atoms with Gasteiger partial charge < -0.3 is 9.47 Å². The molecule has 126 valence electrons. The van der Waals surface area contributed by atoms with Crippen LogP contribution in [0.2, 0.25) is 5.02 Å². The number of esters is 1. The molecule has 1 amide bonds. The highest BCUT2D eigenvalue weighted by Gasteiger charge is 2.17. The Morgan fingerprint density at radius 2 is 1.92 bits per heavy atom. The van der Waals surface area contributed by atoms with Crippen LogP contribution in [0.15, 0.2) is 36.4 Å². The molecule has 0 aliphatic rings. The molecule has 0 atom stereocenters. The van der Waals surface area contributed by atoms with Gasteiger partial charge in [-0.2, -0.15) is 0 Å². The van der Waals surface area contributed by atoms with Crippen molar-refractivity contribution in [2.24, 2.45) is 0 Å². The van der Waals surface area contributed by atoms with Gasteiger partial charge in [-0.1, -0.05) is 23.7 Å². The number of hydrogen-bond donors (Lipinski definition) is 1. The third-order valence-electron chi connectivity index (χ3n) is 3.19. The fraction of sp³-hybridized carbons (Fsp3) is 0.222. The molecule has 1 N–H and O–H groups in total. The fourth-order valence-corrected chi connectivity index (χ4v) is 2.42. The summed E-state index contributed by atoms with van der Waals surface area (Å²) in [5.74, 6) is -0.282. The number of nitrogens with one attached hydrogen (secondary N) is 1. The van der Waals surface area contributed by atoms with Crippen LogP contribution in [-0.4, -0.2) is 18.7 Å². The lowest BCUT2D eigenvalue weighted by Crippen LogP contribution is -2.16. The van der Waals surface area contributed by atoms with Gasteiger partial charge in [0.05, 0.1) is 17.9 Å². The predicted octanol–water partition coefficient (Wildman–Crippen LogP) is 4.74. The van der Waals surface area contributed by atoms with Gasteiger partial charge in [0.15, 0.2) is 5.75 Å². The lowest BCUT2D eigenvalue weighted by Gasteiger charge is -2.15. The van der Waals surface area contributed by atoms with E-state index in [-0.39, 0.29) is 12.4 Å². The van der Waals surface area contributed by atoms with Crippen molar-refractivity contribution in [1.82, 2.24) is 0 Å². The van der Waals surface area contributed by atoms with E-state index in [0.29, 0.717) is 16.3 Å². The maximum absolute atomic E-state index is 12.3. The molecule has 6 heteroatoms. The van der Waals surface area contributed by atoms with Crippen molar-refractivity contribution < 1.29 is 19.1 Å². The maximum atomic E-state index is 12.3. The molecule has 2 aromatic rings. The molecule has 0 saturated heterocycles. The van der Waals surface area contributed by atoms with Gasteiger partial charge in [0.25, 0.3) is 0 Å². The summed E-state index contributed by atoms with van der Waals surface area (Å²) < 4.78 is 10.4. The van der Waals surface area contributed by atoms with Crippen molar-refractivity contribution in [3.8, 4) is 5.75 Å². The Kier molecular flexibility index (Phi) is 5.82. The van der Waals surface area contributed by atoms with Crippen molar-refractivity contribution in [3.05, 3.63) is 58.1 Å². The summed E-state index contributed by atoms with van der Waals surface area (Å²) in [4.78, 5) is 24.0. The second-order valence-electron chi connectivity index (χ2n) is 5.20. The van der Waals surface area contributed by atoms with E-state index in [1.807, 2.05) is 13.0 Å². The molecule has 0 unspecified atom stereocenters. The molecule has 2 aromatic carbocycles. The minimum Gasteiger partial charge on any atom is -0.450 e. The molecular formula is C18H18ClNO4. The van der Waals surface area contributed by atoms with Crippen LogP contribution in [0, 0.1) is 13.8 Å². The number of carbonyl (C=O) groups is 2. The van der Waals surface area contributed by atoms with Gasteiger partial charge in [-0.25, -0.2) is 9.59 Å². The van der Waals surface area contributed by atoms with Crippen LogP contribution in [0.5, 0.6) is 5.75 Å². The van der Waals surface area contributed by atoms with Crippen LogP contribution < -0.4 is 10.1 Å². The first-order valence-electron chi connectivity index (χ1n) is 7.43. The third kappa shape index (κ3) is 4.49. The number of halogens is 1. The van der Waals surface area contributed by atoms with Crippen molar-refractivity contribution >= 4 is 29.4 Å². The molecule has 0 bridgehead atoms. The third-order valence-corrected chi connectivity index (χ3v) is 3.42. The number of aryl methyl sites for hydroxylation is 2. The quantitative estimate of drug-likeness (QED) is 0.640. The molecule has 0 spiro atoms. The lowest BCUT2D eigenvalue weighted by molar-refractivity contribution is 0.0734. The van der Waals surface area contributed by atoms with E-state index in [9.17, 15) is 9.59 Å². The Labute approximate surface area is 145 Å². The molecule has 0 heterocycles. The van der Waals surface area contributed by atoms with Crippen molar-refractivity contribution in [2.45, 2.75) is 20.8 Å². The van der Waals surface area contributed by atoms with Crippen LogP contribution >= 0.6 is 11.6 Å². The van der Waals surface area contributed by atoms with E-state index in [2.05, 4.69) is 5.32 Å². The summed E-state index contributed by atoms with van der Waals surface area (Å²) in [5, 5.41) is 3.04. The van der Waals surface area contributed by atoms with Gasteiger partial charge in [-0.15, -0.1) is 0 Å². The minimum absolute atomic E-state index is 0.244. The highest BCUT2D eigenvalue weighted by molar-refractivity contribution is 6.30. The number of ether oxygens (including phenoxy) is 2. The van der Waals surface area contributed by atoms with E-state index in [1.165, 1.54) is 6.07 Å². The van der Waals surface area contributed by atoms with Gasteiger partial charge in [0, 0.05) is 5.02 Å². The van der Waals surface area contributed by atoms with E-state index in [1.54, 1.807) is 38.1 Å². The molecule has 0 saturated carbocycles. The maximum Gasteiger partial charge on any atom is 0.411 e. The van der Waals surface area contributed by atoms with Crippen molar-refractivity contribution in [1.29, 1.82) is 0 Å². The van der Waals surface area contributed by atoms with Crippen molar-refractivity contribution in [2.75, 3.05) is 11.9 Å². The Bertz CT molecular complexity index is 774. The number of carbonyl (C=O) groups excluding carboxylic acids is 2. The molecule has 0 fully saturated rings. The fourth-order valence-electron chi connectivity index (χ4n) is 2.23. The Morgan fingerprint density at radius 1 is 1.17 bits per heavy atom. The van der Waals surface area contributed by atoms with Crippen LogP contribution in [0.3, 0.4) is 0 Å². The normalized spacial score (nSPS) is 10.2. The predicted molar refractivity (Wildman–Crippen MR) is 93.0 cm³/mol. The minimum atomic E-state index is -0.609. The van der Waals surface area contributed by atoms with E-state index < -0.39 is 12.1 Å². The summed E-state index contributed by atoms with van der Waals surface area (Å²) in [6.07, 6.45) is -0.609. The summed E-state index contributed by atoms with van der Waals surface area (Å²) in [5.41, 5.74) is 2.34. The SMILES string of the molecule is CCOC(=O)Nc1cc(C)cc(C)c1OC(=O)c1cccc(Cl)c1. The molecule has 24 heavy (non-hydrogen) atoms. The zero-order valence-corrected chi connectivity index (χ0v) is 14.4. The van der Waals surface area contributed by atoms with Crippen molar-refractivity contribution in [3.63, 3.8) is 0 Å². The monoisotopic (exact) mass is 347 g/mol. The molecule has 0 radical (unpaired) electrons. The van der Waals surface area contributed by atoms with Crippen LogP contribution in [0.1, 0.15) is 28.4 Å². The van der Waals surface area contributed by atoms with Gasteiger partial charge in [-0.05, 0) is 56.2 Å². The van der Waals surface area contributed by atoms with Gasteiger partial charge in [0.2, 0.25) is 0 Å². The highest BCUT2D eigenvalue weighted by Crippen LogP contribution is 2.31. The van der Waals surface area contributed by atoms with E-state index in [0.717, 1.165) is 11.1 Å². The lowest BCUT2D eigenvalue weighted by atomic mass is 10.1. The molecule has 2 rings (SSSR count). The van der Waals surface area contributed by atoms with Gasteiger partial charge in [-0.3, -0.25) is 5.32 Å². The smallest absolute Gasteiger partial charge is 0.411 e. The van der Waals surface area contributed by atoms with E-state index in [4.69, 9.17) is 21.1 Å². The first kappa shape index (κ1) is 17.8. The van der Waals surface area contributed by atoms with Gasteiger partial charge in [0.1, 0.15) is 0 Å². The number of anilines is 1. The second-order valence-corrected chi connectivity index (χ2v) is 5.64. The number of hydrogen-bond acceptors (Lipinski definition) is 4. The first-order valence-corrected chi connectivity index (χ1v) is 7.81. The molecule has 0 aliphatic heterocycles. The zero-order valence-electron chi connectivity index (χ0n) is 13.7. The number of benzene rings is 2. The second kappa shape index (κ2) is 7.84. The van der Waals surface area contributed by atoms with E-state index >= 15 is 0 Å². The summed E-state index contributed by atoms with van der Waals surface area (Å²) >= 11 is 5.90. The Morgan fingerprint density at radius 3 is 2.58 bits per heavy atom. The highest BCUT2D eigenvalue weighted by atomic mass is 35.5. The number of amides is 1. The Balaban J connectivity index is 2.31. The largest absolute Gasteiger partial charge is 0.450 e.